The van der Waals surface area contributed by atoms with Gasteiger partial charge in [-0.3, -0.25) is 4.98 Å². The van der Waals surface area contributed by atoms with Crippen LogP contribution in [0.1, 0.15) is 31.4 Å². The van der Waals surface area contributed by atoms with Crippen LogP contribution in [-0.2, 0) is 18.3 Å². The number of hydrogen-bond acceptors (Lipinski definition) is 6. The number of ether oxygens (including phenoxy) is 1. The molecule has 1 fully saturated rings. The van der Waals surface area contributed by atoms with E-state index in [0.717, 1.165) is 12.8 Å². The molecule has 0 aromatic carbocycles. The van der Waals surface area contributed by atoms with Gasteiger partial charge in [-0.1, -0.05) is 18.1 Å². The summed E-state index contributed by atoms with van der Waals surface area (Å²) in [6.45, 7) is 0.715. The first kappa shape index (κ1) is 16.2. The van der Waals surface area contributed by atoms with Gasteiger partial charge in [-0.15, -0.1) is 5.10 Å². The van der Waals surface area contributed by atoms with Gasteiger partial charge in [-0.25, -0.2) is 9.48 Å². The average molecular weight is 331 g/mol. The molecule has 1 amide bonds. The fourth-order valence-corrected chi connectivity index (χ4v) is 2.88. The summed E-state index contributed by atoms with van der Waals surface area (Å²) in [6, 6.07) is 3.19. The van der Waals surface area contributed by atoms with Gasteiger partial charge in [0.25, 0.3) is 0 Å². The smallest absolute Gasteiger partial charge is 0.407 e. The summed E-state index contributed by atoms with van der Waals surface area (Å²) in [5, 5.41) is 20.1. The van der Waals surface area contributed by atoms with Crippen LogP contribution in [0.15, 0.2) is 18.3 Å². The zero-order valence-electron chi connectivity index (χ0n) is 13.6. The summed E-state index contributed by atoms with van der Waals surface area (Å²) in [5.41, 5.74) is 1.86. The summed E-state index contributed by atoms with van der Waals surface area (Å²) in [5.74, 6) is 0.573. The number of aryl methyl sites for hydroxylation is 1. The highest BCUT2D eigenvalue weighted by Crippen LogP contribution is 2.24. The number of aromatic hydroxyl groups is 1. The number of rotatable bonds is 5. The van der Waals surface area contributed by atoms with E-state index in [1.165, 1.54) is 25.1 Å². The van der Waals surface area contributed by atoms with E-state index >= 15 is 0 Å². The fourth-order valence-electron chi connectivity index (χ4n) is 2.88. The third-order valence-electron chi connectivity index (χ3n) is 4.26. The highest BCUT2D eigenvalue weighted by molar-refractivity contribution is 5.67. The van der Waals surface area contributed by atoms with Crippen molar-refractivity contribution in [3.63, 3.8) is 0 Å². The number of pyridine rings is 1. The first-order chi connectivity index (χ1) is 11.6. The number of carbonyl (C=O) groups is 1. The van der Waals surface area contributed by atoms with Crippen LogP contribution < -0.4 is 5.32 Å². The molecule has 2 N–H and O–H groups in total. The zero-order valence-corrected chi connectivity index (χ0v) is 13.6. The highest BCUT2D eigenvalue weighted by atomic mass is 16.5. The zero-order chi connectivity index (χ0) is 16.9. The number of aromatic nitrogens is 4. The van der Waals surface area contributed by atoms with Gasteiger partial charge < -0.3 is 15.2 Å². The lowest BCUT2D eigenvalue weighted by Crippen LogP contribution is -2.26. The van der Waals surface area contributed by atoms with Gasteiger partial charge in [-0.2, -0.15) is 0 Å². The topological polar surface area (TPSA) is 102 Å². The minimum absolute atomic E-state index is 0.0813. The number of hydrogen-bond donors (Lipinski definition) is 2. The molecule has 0 radical (unpaired) electrons. The predicted octanol–water partition coefficient (Wildman–Crippen LogP) is 2.00. The van der Waals surface area contributed by atoms with Crippen molar-refractivity contribution < 1.29 is 14.6 Å². The molecule has 0 aliphatic heterocycles. The molecule has 0 spiro atoms. The SMILES string of the molecule is Cn1nnc(-c2ccc(O)cn2)c1CNC(=O)OCC1CCCC1. The number of alkyl carbamates (subject to hydrolysis) is 1. The molecular formula is C16H21N5O3. The van der Waals surface area contributed by atoms with Crippen LogP contribution in [0.25, 0.3) is 11.4 Å². The molecule has 2 aromatic rings. The molecular weight excluding hydrogens is 310 g/mol. The van der Waals surface area contributed by atoms with E-state index in [1.807, 2.05) is 0 Å². The van der Waals surface area contributed by atoms with Crippen LogP contribution in [0, 0.1) is 5.92 Å². The van der Waals surface area contributed by atoms with Crippen molar-refractivity contribution in [2.75, 3.05) is 6.61 Å². The molecule has 8 nitrogen and oxygen atoms in total. The van der Waals surface area contributed by atoms with Crippen LogP contribution in [0.3, 0.4) is 0 Å². The Bertz CT molecular complexity index is 692. The second-order valence-electron chi connectivity index (χ2n) is 6.01. The lowest BCUT2D eigenvalue weighted by molar-refractivity contribution is 0.127. The maximum Gasteiger partial charge on any atom is 0.407 e. The van der Waals surface area contributed by atoms with Gasteiger partial charge >= 0.3 is 6.09 Å². The van der Waals surface area contributed by atoms with Gasteiger partial charge in [0, 0.05) is 7.05 Å². The summed E-state index contributed by atoms with van der Waals surface area (Å²) in [7, 11) is 1.75. The Kier molecular flexibility index (Phi) is 4.93. The van der Waals surface area contributed by atoms with Crippen LogP contribution in [0.2, 0.25) is 0 Å². The predicted molar refractivity (Wildman–Crippen MR) is 86.0 cm³/mol. The number of nitrogens with zero attached hydrogens (tertiary/aromatic N) is 4. The van der Waals surface area contributed by atoms with E-state index in [2.05, 4.69) is 20.6 Å². The summed E-state index contributed by atoms with van der Waals surface area (Å²) < 4.78 is 6.86. The first-order valence-electron chi connectivity index (χ1n) is 8.08. The van der Waals surface area contributed by atoms with Gasteiger partial charge in [0.15, 0.2) is 0 Å². The van der Waals surface area contributed by atoms with Gasteiger partial charge in [0.2, 0.25) is 0 Å². The molecule has 0 unspecified atom stereocenters. The molecule has 0 bridgehead atoms. The van der Waals surface area contributed by atoms with Crippen LogP contribution in [-0.4, -0.2) is 37.8 Å². The Morgan fingerprint density at radius 3 is 2.92 bits per heavy atom. The average Bonchev–Trinajstić information content (AvgIpc) is 3.22. The Balaban J connectivity index is 1.59. The van der Waals surface area contributed by atoms with Crippen molar-refractivity contribution in [3.05, 3.63) is 24.0 Å². The normalized spacial score (nSPS) is 14.7. The number of amides is 1. The Hall–Kier alpha value is -2.64. The van der Waals surface area contributed by atoms with Crippen LogP contribution in [0.5, 0.6) is 5.75 Å². The molecule has 2 heterocycles. The molecule has 128 valence electrons. The highest BCUT2D eigenvalue weighted by Gasteiger charge is 2.18. The minimum Gasteiger partial charge on any atom is -0.506 e. The Labute approximate surface area is 139 Å². The molecule has 0 atom stereocenters. The summed E-state index contributed by atoms with van der Waals surface area (Å²) in [6.07, 6.45) is 5.62. The monoisotopic (exact) mass is 331 g/mol. The van der Waals surface area contributed by atoms with Crippen molar-refractivity contribution in [1.29, 1.82) is 0 Å². The van der Waals surface area contributed by atoms with Crippen molar-refractivity contribution in [1.82, 2.24) is 25.3 Å². The molecule has 3 rings (SSSR count). The number of carbonyl (C=O) groups excluding carboxylic acids is 1. The van der Waals surface area contributed by atoms with E-state index in [4.69, 9.17) is 4.74 Å². The quantitative estimate of drug-likeness (QED) is 0.869. The van der Waals surface area contributed by atoms with Gasteiger partial charge in [0.05, 0.1) is 30.7 Å². The largest absolute Gasteiger partial charge is 0.506 e. The first-order valence-corrected chi connectivity index (χ1v) is 8.08. The van der Waals surface area contributed by atoms with E-state index in [0.29, 0.717) is 29.6 Å². The van der Waals surface area contributed by atoms with E-state index in [1.54, 1.807) is 17.8 Å². The standard InChI is InChI=1S/C16H21N5O3/c1-21-14(9-18-16(23)24-10-11-4-2-3-5-11)15(19-20-21)13-7-6-12(22)8-17-13/h6-8,11,22H,2-5,9-10H2,1H3,(H,18,23). The molecule has 24 heavy (non-hydrogen) atoms. The Morgan fingerprint density at radius 1 is 1.42 bits per heavy atom. The van der Waals surface area contributed by atoms with E-state index in [-0.39, 0.29) is 12.3 Å². The molecule has 1 aliphatic carbocycles. The molecule has 8 heteroatoms. The molecule has 1 saturated carbocycles. The van der Waals surface area contributed by atoms with Gasteiger partial charge in [-0.05, 0) is 30.9 Å². The van der Waals surface area contributed by atoms with Crippen LogP contribution >= 0.6 is 0 Å². The molecule has 1 aliphatic rings. The van der Waals surface area contributed by atoms with Crippen molar-refractivity contribution in [2.45, 2.75) is 32.2 Å². The van der Waals surface area contributed by atoms with E-state index < -0.39 is 6.09 Å². The second kappa shape index (κ2) is 7.29. The maximum absolute atomic E-state index is 11.9. The Morgan fingerprint density at radius 2 is 2.21 bits per heavy atom. The summed E-state index contributed by atoms with van der Waals surface area (Å²) in [4.78, 5) is 16.0. The number of nitrogens with one attached hydrogen (secondary N) is 1. The third kappa shape index (κ3) is 3.81. The van der Waals surface area contributed by atoms with Gasteiger partial charge in [0.1, 0.15) is 11.4 Å². The third-order valence-corrected chi connectivity index (χ3v) is 4.26. The van der Waals surface area contributed by atoms with Crippen molar-refractivity contribution in [3.8, 4) is 17.1 Å². The molecule has 0 saturated heterocycles. The maximum atomic E-state index is 11.9. The van der Waals surface area contributed by atoms with Crippen molar-refractivity contribution in [2.24, 2.45) is 13.0 Å². The lowest BCUT2D eigenvalue weighted by atomic mass is 10.1. The fraction of sp³-hybridized carbons (Fsp3) is 0.500. The molecule has 2 aromatic heterocycles. The van der Waals surface area contributed by atoms with E-state index in [9.17, 15) is 9.90 Å². The van der Waals surface area contributed by atoms with Crippen molar-refractivity contribution >= 4 is 6.09 Å². The lowest BCUT2D eigenvalue weighted by Gasteiger charge is -2.11. The van der Waals surface area contributed by atoms with Crippen LogP contribution in [0.4, 0.5) is 4.79 Å². The second-order valence-corrected chi connectivity index (χ2v) is 6.01. The summed E-state index contributed by atoms with van der Waals surface area (Å²) >= 11 is 0. The minimum atomic E-state index is -0.437.